The van der Waals surface area contributed by atoms with Crippen molar-refractivity contribution in [3.63, 3.8) is 0 Å². The summed E-state index contributed by atoms with van der Waals surface area (Å²) in [5.41, 5.74) is 30.2. The largest absolute Gasteiger partial charge is 0.310 e. The molecule has 4 heterocycles. The van der Waals surface area contributed by atoms with Crippen molar-refractivity contribution >= 4 is 55.9 Å². The van der Waals surface area contributed by atoms with Crippen molar-refractivity contribution in [1.82, 2.24) is 19.1 Å². The topological polar surface area (TPSA) is 42.1 Å². The minimum absolute atomic E-state index is 0.826. The van der Waals surface area contributed by atoms with Gasteiger partial charge in [0.15, 0.2) is 0 Å². The summed E-state index contributed by atoms with van der Waals surface area (Å²) >= 11 is 0. The highest BCUT2D eigenvalue weighted by atomic mass is 15.2. The molecule has 0 spiro atoms. The van der Waals surface area contributed by atoms with E-state index < -0.39 is 5.41 Å². The fourth-order valence-corrected chi connectivity index (χ4v) is 16.4. The second kappa shape index (κ2) is 26.5. The Bertz CT molecular complexity index is 5750. The SMILES string of the molecule is c1ccc(-c2c(-c3ccccc3)n(-c3ccccc3)c3cc(N(c4ccc(-c5cccnc5)cc4)c4ccc5c(c4)C(c4ccccc4)(c4ccccc4)c4cc(N(c6ccc(-c7cccnc7)cc6)c6ccc7c(-c8ccccc8)c(-c8ccccc8)n(-c8ccccc8)c7c6)ccc4-5)ccc23)cc1. The van der Waals surface area contributed by atoms with Gasteiger partial charge in [0.05, 0.1) is 27.8 Å². The molecule has 6 heteroatoms. The number of rotatable bonds is 16. The van der Waals surface area contributed by atoms with Crippen LogP contribution in [0.25, 0.3) is 111 Å². The maximum Gasteiger partial charge on any atom is 0.0715 e. The van der Waals surface area contributed by atoms with Crippen molar-refractivity contribution in [3.8, 4) is 89.5 Å². The minimum Gasteiger partial charge on any atom is -0.310 e. The van der Waals surface area contributed by atoms with Gasteiger partial charge in [0.2, 0.25) is 0 Å². The van der Waals surface area contributed by atoms with Gasteiger partial charge in [-0.2, -0.15) is 0 Å². The normalized spacial score (nSPS) is 12.1. The van der Waals surface area contributed by atoms with Gasteiger partial charge in [-0.3, -0.25) is 9.97 Å². The predicted molar refractivity (Wildman–Crippen MR) is 435 cm³/mol. The molecule has 0 fully saturated rings. The smallest absolute Gasteiger partial charge is 0.0715 e. The van der Waals surface area contributed by atoms with Crippen LogP contribution in [0.15, 0.2) is 413 Å². The lowest BCUT2D eigenvalue weighted by Gasteiger charge is -2.35. The summed E-state index contributed by atoms with van der Waals surface area (Å²) in [4.78, 5) is 14.0. The highest BCUT2D eigenvalue weighted by Gasteiger charge is 2.47. The molecule has 0 saturated carbocycles. The monoisotopic (exact) mass is 1340 g/mol. The first-order valence-electron chi connectivity index (χ1n) is 35.8. The first-order valence-corrected chi connectivity index (χ1v) is 35.8. The van der Waals surface area contributed by atoms with E-state index in [4.69, 9.17) is 0 Å². The van der Waals surface area contributed by atoms with Gasteiger partial charge in [-0.1, -0.05) is 279 Å². The van der Waals surface area contributed by atoms with Crippen LogP contribution in [0.4, 0.5) is 34.1 Å². The number of fused-ring (bicyclic) bond motifs is 5. The van der Waals surface area contributed by atoms with Gasteiger partial charge in [-0.05, 0) is 187 Å². The van der Waals surface area contributed by atoms with Gasteiger partial charge >= 0.3 is 0 Å². The second-order valence-electron chi connectivity index (χ2n) is 26.8. The van der Waals surface area contributed by atoms with Crippen molar-refractivity contribution in [1.29, 1.82) is 0 Å². The van der Waals surface area contributed by atoms with Crippen molar-refractivity contribution < 1.29 is 0 Å². The van der Waals surface area contributed by atoms with Crippen LogP contribution in [0.1, 0.15) is 22.3 Å². The van der Waals surface area contributed by atoms with Gasteiger partial charge in [-0.15, -0.1) is 0 Å². The average molecular weight is 1340 g/mol. The van der Waals surface area contributed by atoms with E-state index in [1.54, 1.807) is 0 Å². The molecule has 4 aromatic heterocycles. The molecule has 0 aliphatic heterocycles. The summed E-state index contributed by atoms with van der Waals surface area (Å²) in [5.74, 6) is 0. The van der Waals surface area contributed by atoms with E-state index in [0.29, 0.717) is 0 Å². The maximum atomic E-state index is 4.53. The number of hydrogen-bond acceptors (Lipinski definition) is 4. The quantitative estimate of drug-likeness (QED) is 0.0967. The number of pyridine rings is 2. The predicted octanol–water partition coefficient (Wildman–Crippen LogP) is 25.7. The molecule has 6 nitrogen and oxygen atoms in total. The zero-order chi connectivity index (χ0) is 69.6. The summed E-state index contributed by atoms with van der Waals surface area (Å²) in [5, 5.41) is 2.31. The molecule has 1 aliphatic rings. The van der Waals surface area contributed by atoms with Crippen LogP contribution in [0, 0.1) is 0 Å². The highest BCUT2D eigenvalue weighted by molar-refractivity contribution is 6.09. The minimum atomic E-state index is -0.826. The van der Waals surface area contributed by atoms with Gasteiger partial charge < -0.3 is 18.9 Å². The molecule has 0 radical (unpaired) electrons. The lowest BCUT2D eigenvalue weighted by Crippen LogP contribution is -2.29. The van der Waals surface area contributed by atoms with Crippen molar-refractivity contribution in [2.45, 2.75) is 5.41 Å². The second-order valence-corrected chi connectivity index (χ2v) is 26.8. The number of benzene rings is 14. The third kappa shape index (κ3) is 10.8. The van der Waals surface area contributed by atoms with E-state index in [2.05, 4.69) is 405 Å². The van der Waals surface area contributed by atoms with Gasteiger partial charge in [0.25, 0.3) is 0 Å². The highest BCUT2D eigenvalue weighted by Crippen LogP contribution is 2.59. The number of para-hydroxylation sites is 2. The number of nitrogens with zero attached hydrogens (tertiary/aromatic N) is 6. The molecule has 0 atom stereocenters. The molecule has 0 saturated heterocycles. The molecule has 14 aromatic carbocycles. The molecule has 0 unspecified atom stereocenters. The average Bonchev–Trinajstić information content (AvgIpc) is 1.55. The van der Waals surface area contributed by atoms with Crippen molar-refractivity contribution in [2.75, 3.05) is 9.80 Å². The summed E-state index contributed by atoms with van der Waals surface area (Å²) in [6.07, 6.45) is 7.54. The molecule has 19 rings (SSSR count). The summed E-state index contributed by atoms with van der Waals surface area (Å²) in [7, 11) is 0. The fraction of sp³-hybridized carbons (Fsp3) is 0.0101. The number of aromatic nitrogens is 4. The maximum absolute atomic E-state index is 4.53. The van der Waals surface area contributed by atoms with E-state index in [0.717, 1.165) is 123 Å². The third-order valence-corrected chi connectivity index (χ3v) is 20.9. The van der Waals surface area contributed by atoms with E-state index in [9.17, 15) is 0 Å². The third-order valence-electron chi connectivity index (χ3n) is 20.9. The Labute approximate surface area is 611 Å². The first kappa shape index (κ1) is 62.1. The molecule has 0 amide bonds. The Kier molecular flexibility index (Phi) is 15.7. The first-order chi connectivity index (χ1) is 52.1. The standard InChI is InChI=1S/C99H68N6/c1-9-27-71(28-10-1)95-89-59-55-85(65-93(89)104(79-41-21-7-22-42-79)97(95)73-31-13-3-14-32-73)102(81-49-45-69(46-50-81)75-35-25-61-100-67-75)83-53-57-87-88-58-54-84(64-92(88)99(91(87)63-83,77-37-17-5-18-38-77)78-39-19-6-20-40-78)103(82-51-47-70(48-52-82)76-36-26-62-101-68-76)86-56-60-90-94(66-86)105(80-43-23-8-24-44-80)98(74-33-15-4-16-34-74)96(90)72-29-11-2-12-30-72/h1-68H. The Morgan fingerprint density at radius 2 is 0.543 bits per heavy atom. The lowest BCUT2D eigenvalue weighted by atomic mass is 9.67. The Hall–Kier alpha value is -13.9. The zero-order valence-corrected chi connectivity index (χ0v) is 57.4. The Balaban J connectivity index is 0.846. The van der Waals surface area contributed by atoms with E-state index in [1.807, 2.05) is 36.9 Å². The molecule has 1 aliphatic carbocycles. The van der Waals surface area contributed by atoms with Crippen LogP contribution < -0.4 is 9.80 Å². The lowest BCUT2D eigenvalue weighted by molar-refractivity contribution is 0.768. The van der Waals surface area contributed by atoms with E-state index in [-0.39, 0.29) is 0 Å². The fourth-order valence-electron chi connectivity index (χ4n) is 16.4. The van der Waals surface area contributed by atoms with Gasteiger partial charge in [0, 0.05) is 92.2 Å². The van der Waals surface area contributed by atoms with E-state index >= 15 is 0 Å². The molecule has 494 valence electrons. The summed E-state index contributed by atoms with van der Waals surface area (Å²) in [6, 6.07) is 142. The van der Waals surface area contributed by atoms with E-state index in [1.165, 1.54) is 44.5 Å². The van der Waals surface area contributed by atoms with Gasteiger partial charge in [-0.25, -0.2) is 0 Å². The molecule has 0 bridgehead atoms. The van der Waals surface area contributed by atoms with Crippen LogP contribution in [-0.2, 0) is 5.41 Å². The van der Waals surface area contributed by atoms with Crippen LogP contribution in [0.5, 0.6) is 0 Å². The van der Waals surface area contributed by atoms with Crippen LogP contribution in [0.2, 0.25) is 0 Å². The number of hydrogen-bond donors (Lipinski definition) is 0. The van der Waals surface area contributed by atoms with Crippen LogP contribution in [0.3, 0.4) is 0 Å². The molecule has 105 heavy (non-hydrogen) atoms. The molecule has 0 N–H and O–H groups in total. The molecule has 18 aromatic rings. The summed E-state index contributed by atoms with van der Waals surface area (Å²) < 4.78 is 4.93. The van der Waals surface area contributed by atoms with Gasteiger partial charge in [0.1, 0.15) is 0 Å². The zero-order valence-electron chi connectivity index (χ0n) is 57.4. The van der Waals surface area contributed by atoms with Crippen LogP contribution in [-0.4, -0.2) is 19.1 Å². The summed E-state index contributed by atoms with van der Waals surface area (Å²) in [6.45, 7) is 0. The molecular weight excluding hydrogens is 1270 g/mol. The Morgan fingerprint density at radius 3 is 0.895 bits per heavy atom. The Morgan fingerprint density at radius 1 is 0.238 bits per heavy atom. The van der Waals surface area contributed by atoms with Crippen molar-refractivity contribution in [2.24, 2.45) is 0 Å². The van der Waals surface area contributed by atoms with Crippen molar-refractivity contribution in [3.05, 3.63) is 435 Å². The number of anilines is 6. The van der Waals surface area contributed by atoms with Crippen LogP contribution >= 0.6 is 0 Å². The molecular formula is C99H68N6.